The maximum Gasteiger partial charge on any atom is 0.263 e. The molecule has 2 heterocycles. The number of aryl methyl sites for hydroxylation is 2. The van der Waals surface area contributed by atoms with Crippen molar-refractivity contribution in [3.63, 3.8) is 0 Å². The fourth-order valence-corrected chi connectivity index (χ4v) is 4.36. The number of carbonyl (C=O) groups excluding carboxylic acids is 1. The van der Waals surface area contributed by atoms with Crippen LogP contribution in [0.25, 0.3) is 21.3 Å². The number of nitrogens with zero attached hydrogens (tertiary/aromatic N) is 2. The van der Waals surface area contributed by atoms with E-state index in [1.165, 1.54) is 34.9 Å². The van der Waals surface area contributed by atoms with Crippen molar-refractivity contribution in [2.75, 3.05) is 19.5 Å². The van der Waals surface area contributed by atoms with Crippen LogP contribution in [0.4, 0.5) is 5.69 Å². The van der Waals surface area contributed by atoms with Crippen LogP contribution in [0, 0.1) is 13.8 Å². The van der Waals surface area contributed by atoms with E-state index < -0.39 is 0 Å². The zero-order valence-electron chi connectivity index (χ0n) is 18.3. The van der Waals surface area contributed by atoms with Gasteiger partial charge in [0.25, 0.3) is 5.56 Å². The minimum absolute atomic E-state index is 0.176. The molecule has 32 heavy (non-hydrogen) atoms. The minimum atomic E-state index is -0.372. The highest BCUT2D eigenvalue weighted by molar-refractivity contribution is 7.17. The number of hydrogen-bond donors (Lipinski definition) is 1. The van der Waals surface area contributed by atoms with E-state index in [1.807, 2.05) is 24.4 Å². The zero-order valence-corrected chi connectivity index (χ0v) is 19.1. The Hall–Kier alpha value is -3.65. The highest BCUT2D eigenvalue weighted by Gasteiger charge is 2.16. The Balaban J connectivity index is 1.66. The van der Waals surface area contributed by atoms with E-state index >= 15 is 0 Å². The molecule has 0 unspecified atom stereocenters. The number of ether oxygens (including phenoxy) is 2. The lowest BCUT2D eigenvalue weighted by Crippen LogP contribution is -2.28. The molecule has 8 heteroatoms. The number of anilines is 1. The van der Waals surface area contributed by atoms with Crippen LogP contribution in [0.1, 0.15) is 11.1 Å². The molecular weight excluding hydrogens is 426 g/mol. The van der Waals surface area contributed by atoms with E-state index in [1.54, 1.807) is 25.3 Å². The van der Waals surface area contributed by atoms with Crippen LogP contribution in [0.2, 0.25) is 0 Å². The first-order valence-corrected chi connectivity index (χ1v) is 10.9. The van der Waals surface area contributed by atoms with Crippen LogP contribution in [-0.2, 0) is 11.3 Å². The third-order valence-corrected chi connectivity index (χ3v) is 6.26. The molecule has 1 N–H and O–H groups in total. The molecule has 0 atom stereocenters. The van der Waals surface area contributed by atoms with Crippen LogP contribution in [0.5, 0.6) is 11.5 Å². The Kier molecular flexibility index (Phi) is 5.96. The van der Waals surface area contributed by atoms with Gasteiger partial charge in [-0.1, -0.05) is 18.2 Å². The molecular formula is C24H23N3O4S. The molecule has 4 rings (SSSR count). The Labute approximate surface area is 189 Å². The lowest BCUT2D eigenvalue weighted by Gasteiger charge is -2.12. The Bertz CT molecular complexity index is 1370. The van der Waals surface area contributed by atoms with Crippen molar-refractivity contribution in [3.8, 4) is 22.6 Å². The average Bonchev–Trinajstić information content (AvgIpc) is 3.22. The number of carbonyl (C=O) groups is 1. The largest absolute Gasteiger partial charge is 0.497 e. The van der Waals surface area contributed by atoms with Gasteiger partial charge in [0.15, 0.2) is 0 Å². The van der Waals surface area contributed by atoms with Crippen LogP contribution in [0.3, 0.4) is 0 Å². The second kappa shape index (κ2) is 8.84. The zero-order chi connectivity index (χ0) is 22.8. The Morgan fingerprint density at radius 1 is 1.09 bits per heavy atom. The van der Waals surface area contributed by atoms with Crippen molar-refractivity contribution in [2.24, 2.45) is 0 Å². The van der Waals surface area contributed by atoms with Crippen molar-refractivity contribution in [1.82, 2.24) is 9.55 Å². The smallest absolute Gasteiger partial charge is 0.263 e. The van der Waals surface area contributed by atoms with Crippen molar-refractivity contribution >= 4 is 33.1 Å². The number of rotatable bonds is 6. The minimum Gasteiger partial charge on any atom is -0.497 e. The quantitative estimate of drug-likeness (QED) is 0.472. The summed E-state index contributed by atoms with van der Waals surface area (Å²) in [5.41, 5.74) is 4.34. The normalized spacial score (nSPS) is 10.9. The second-order valence-electron chi connectivity index (χ2n) is 7.42. The predicted molar refractivity (Wildman–Crippen MR) is 127 cm³/mol. The number of aromatic nitrogens is 2. The summed E-state index contributed by atoms with van der Waals surface area (Å²) in [7, 11) is 3.06. The second-order valence-corrected chi connectivity index (χ2v) is 8.28. The molecule has 164 valence electrons. The SMILES string of the molecule is COc1ccc(OC)c(NC(=O)Cn2cnc3scc(-c4ccc(C)c(C)c4)c3c2=O)c1. The maximum atomic E-state index is 13.3. The summed E-state index contributed by atoms with van der Waals surface area (Å²) in [5.74, 6) is 0.704. The molecule has 0 aliphatic carbocycles. The molecule has 0 saturated heterocycles. The van der Waals surface area contributed by atoms with Gasteiger partial charge in [-0.25, -0.2) is 4.98 Å². The van der Waals surface area contributed by atoms with Crippen molar-refractivity contribution < 1.29 is 14.3 Å². The molecule has 0 aliphatic heterocycles. The van der Waals surface area contributed by atoms with Gasteiger partial charge in [-0.15, -0.1) is 11.3 Å². The van der Waals surface area contributed by atoms with Crippen LogP contribution in [-0.4, -0.2) is 29.7 Å². The topological polar surface area (TPSA) is 82.4 Å². The van der Waals surface area contributed by atoms with Crippen molar-refractivity contribution in [2.45, 2.75) is 20.4 Å². The fourth-order valence-electron chi connectivity index (χ4n) is 3.46. The van der Waals surface area contributed by atoms with E-state index in [9.17, 15) is 9.59 Å². The van der Waals surface area contributed by atoms with E-state index in [4.69, 9.17) is 9.47 Å². The summed E-state index contributed by atoms with van der Waals surface area (Å²) in [4.78, 5) is 31.0. The highest BCUT2D eigenvalue weighted by atomic mass is 32.1. The van der Waals surface area contributed by atoms with Crippen LogP contribution < -0.4 is 20.3 Å². The van der Waals surface area contributed by atoms with E-state index in [-0.39, 0.29) is 18.0 Å². The Morgan fingerprint density at radius 2 is 1.91 bits per heavy atom. The van der Waals surface area contributed by atoms with Crippen LogP contribution >= 0.6 is 11.3 Å². The first-order chi connectivity index (χ1) is 15.4. The van der Waals surface area contributed by atoms with Crippen LogP contribution in [0.15, 0.2) is 52.9 Å². The summed E-state index contributed by atoms with van der Waals surface area (Å²) in [6, 6.07) is 11.2. The first-order valence-electron chi connectivity index (χ1n) is 9.97. The average molecular weight is 450 g/mol. The van der Waals surface area contributed by atoms with Gasteiger partial charge in [-0.05, 0) is 42.7 Å². The van der Waals surface area contributed by atoms with Gasteiger partial charge >= 0.3 is 0 Å². The number of hydrogen-bond acceptors (Lipinski definition) is 6. The standard InChI is InChI=1S/C24H23N3O4S/c1-14-5-6-16(9-15(14)2)18-12-32-23-22(18)24(29)27(13-25-23)11-21(28)26-19-10-17(30-3)7-8-20(19)31-4/h5-10,12-13H,11H2,1-4H3,(H,26,28). The third-order valence-electron chi connectivity index (χ3n) is 5.37. The molecule has 2 aromatic carbocycles. The first kappa shape index (κ1) is 21.6. The molecule has 0 fully saturated rings. The monoisotopic (exact) mass is 449 g/mol. The number of benzene rings is 2. The number of thiophene rings is 1. The van der Waals surface area contributed by atoms with Gasteiger partial charge in [0.1, 0.15) is 22.9 Å². The summed E-state index contributed by atoms with van der Waals surface area (Å²) >= 11 is 1.42. The van der Waals surface area contributed by atoms with Crippen molar-refractivity contribution in [3.05, 3.63) is 69.6 Å². The van der Waals surface area contributed by atoms with E-state index in [0.29, 0.717) is 27.4 Å². The van der Waals surface area contributed by atoms with Gasteiger partial charge in [0.2, 0.25) is 5.91 Å². The molecule has 0 aliphatic rings. The summed E-state index contributed by atoms with van der Waals surface area (Å²) in [6.07, 6.45) is 1.41. The van der Waals surface area contributed by atoms with Gasteiger partial charge in [-0.3, -0.25) is 14.2 Å². The lowest BCUT2D eigenvalue weighted by atomic mass is 10.0. The molecule has 0 bridgehead atoms. The fraction of sp³-hybridized carbons (Fsp3) is 0.208. The molecule has 0 radical (unpaired) electrons. The summed E-state index contributed by atoms with van der Waals surface area (Å²) in [5, 5.41) is 5.24. The molecule has 7 nitrogen and oxygen atoms in total. The van der Waals surface area contributed by atoms with Crippen molar-refractivity contribution in [1.29, 1.82) is 0 Å². The number of nitrogens with one attached hydrogen (secondary N) is 1. The molecule has 4 aromatic rings. The molecule has 1 amide bonds. The lowest BCUT2D eigenvalue weighted by molar-refractivity contribution is -0.116. The van der Waals surface area contributed by atoms with Gasteiger partial charge in [0, 0.05) is 17.0 Å². The maximum absolute atomic E-state index is 13.3. The molecule has 0 saturated carbocycles. The number of fused-ring (bicyclic) bond motifs is 1. The highest BCUT2D eigenvalue weighted by Crippen LogP contribution is 2.32. The molecule has 2 aromatic heterocycles. The van der Waals surface area contributed by atoms with Gasteiger partial charge in [-0.2, -0.15) is 0 Å². The van der Waals surface area contributed by atoms with Gasteiger partial charge < -0.3 is 14.8 Å². The number of methoxy groups -OCH3 is 2. The Morgan fingerprint density at radius 3 is 2.62 bits per heavy atom. The molecule has 0 spiro atoms. The van der Waals surface area contributed by atoms with E-state index in [2.05, 4.69) is 23.3 Å². The third kappa shape index (κ3) is 4.09. The number of amides is 1. The predicted octanol–water partition coefficient (Wildman–Crippen LogP) is 4.40. The summed E-state index contributed by atoms with van der Waals surface area (Å²) < 4.78 is 11.8. The van der Waals surface area contributed by atoms with Gasteiger partial charge in [0.05, 0.1) is 31.6 Å². The summed E-state index contributed by atoms with van der Waals surface area (Å²) in [6.45, 7) is 3.92. The van der Waals surface area contributed by atoms with E-state index in [0.717, 1.165) is 16.7 Å².